The normalized spacial score (nSPS) is 10.0. The number of hydrogen-bond acceptors (Lipinski definition) is 3. The lowest BCUT2D eigenvalue weighted by Crippen LogP contribution is -2.18. The van der Waals surface area contributed by atoms with Crippen molar-refractivity contribution in [2.45, 2.75) is 6.43 Å². The van der Waals surface area contributed by atoms with Gasteiger partial charge in [0, 0.05) is 0 Å². The molecule has 0 bridgehead atoms. The predicted octanol–water partition coefficient (Wildman–Crippen LogP) is 0.882. The summed E-state index contributed by atoms with van der Waals surface area (Å²) in [4.78, 5) is 23.3. The van der Waals surface area contributed by atoms with Crippen molar-refractivity contribution in [3.05, 3.63) is 33.2 Å². The van der Waals surface area contributed by atoms with Gasteiger partial charge in [0.2, 0.25) is 0 Å². The highest BCUT2D eigenvalue weighted by atomic mass is 19.3. The third-order valence-electron chi connectivity index (χ3n) is 1.65. The van der Waals surface area contributed by atoms with E-state index in [1.165, 1.54) is 6.07 Å². The maximum absolute atomic E-state index is 12.2. The summed E-state index contributed by atoms with van der Waals surface area (Å²) in [5.74, 6) is -1.55. The molecule has 0 aliphatic rings. The monoisotopic (exact) mass is 214 g/mol. The van der Waals surface area contributed by atoms with Crippen LogP contribution in [0.15, 0.2) is 10.9 Å². The Kier molecular flexibility index (Phi) is 2.80. The van der Waals surface area contributed by atoms with E-state index in [1.54, 1.807) is 4.98 Å². The molecule has 1 aromatic heterocycles. The number of nitriles is 1. The SMILES string of the molecule is N#Cc1[nH]c(=O)c(C(F)F)cc1C(=O)O. The van der Waals surface area contributed by atoms with Crippen molar-refractivity contribution >= 4 is 5.97 Å². The van der Waals surface area contributed by atoms with Gasteiger partial charge in [0.1, 0.15) is 11.8 Å². The first-order valence-corrected chi connectivity index (χ1v) is 3.66. The fraction of sp³-hybridized carbons (Fsp3) is 0.125. The number of hydrogen-bond donors (Lipinski definition) is 2. The lowest BCUT2D eigenvalue weighted by molar-refractivity contribution is 0.0695. The number of aromatic nitrogens is 1. The third kappa shape index (κ3) is 1.99. The Morgan fingerprint density at radius 1 is 1.60 bits per heavy atom. The van der Waals surface area contributed by atoms with Crippen LogP contribution in [-0.4, -0.2) is 16.1 Å². The number of aromatic carboxylic acids is 1. The van der Waals surface area contributed by atoms with E-state index in [2.05, 4.69) is 0 Å². The van der Waals surface area contributed by atoms with E-state index in [-0.39, 0.29) is 0 Å². The second kappa shape index (κ2) is 3.88. The summed E-state index contributed by atoms with van der Waals surface area (Å²) in [5.41, 5.74) is -3.32. The fourth-order valence-electron chi connectivity index (χ4n) is 0.965. The minimum Gasteiger partial charge on any atom is -0.478 e. The highest BCUT2D eigenvalue weighted by Crippen LogP contribution is 2.16. The van der Waals surface area contributed by atoms with Crippen LogP contribution in [0.5, 0.6) is 0 Å². The summed E-state index contributed by atoms with van der Waals surface area (Å²) in [5, 5.41) is 17.0. The number of aromatic amines is 1. The van der Waals surface area contributed by atoms with Crippen molar-refractivity contribution in [3.8, 4) is 6.07 Å². The number of pyridine rings is 1. The zero-order chi connectivity index (χ0) is 11.6. The van der Waals surface area contributed by atoms with Gasteiger partial charge < -0.3 is 10.1 Å². The van der Waals surface area contributed by atoms with E-state index in [1.807, 2.05) is 0 Å². The van der Waals surface area contributed by atoms with Gasteiger partial charge in [-0.1, -0.05) is 0 Å². The Bertz CT molecular complexity index is 502. The van der Waals surface area contributed by atoms with Crippen molar-refractivity contribution in [1.29, 1.82) is 5.26 Å². The van der Waals surface area contributed by atoms with Crippen LogP contribution in [0, 0.1) is 11.3 Å². The molecule has 0 aromatic carbocycles. The minimum atomic E-state index is -3.08. The molecule has 0 amide bonds. The Labute approximate surface area is 81.6 Å². The highest BCUT2D eigenvalue weighted by Gasteiger charge is 2.19. The molecule has 78 valence electrons. The van der Waals surface area contributed by atoms with Gasteiger partial charge in [-0.25, -0.2) is 13.6 Å². The van der Waals surface area contributed by atoms with Crippen LogP contribution in [0.1, 0.15) is 28.0 Å². The molecule has 0 unspecified atom stereocenters. The highest BCUT2D eigenvalue weighted by molar-refractivity contribution is 5.90. The van der Waals surface area contributed by atoms with Gasteiger partial charge in [-0.15, -0.1) is 0 Å². The van der Waals surface area contributed by atoms with Gasteiger partial charge in [0.15, 0.2) is 0 Å². The molecule has 2 N–H and O–H groups in total. The maximum atomic E-state index is 12.2. The number of carboxylic acid groups (broad SMARTS) is 1. The van der Waals surface area contributed by atoms with Gasteiger partial charge in [0.25, 0.3) is 12.0 Å². The molecule has 0 aliphatic carbocycles. The molecule has 1 heterocycles. The first-order valence-electron chi connectivity index (χ1n) is 3.66. The fourth-order valence-corrected chi connectivity index (χ4v) is 0.965. The first-order chi connectivity index (χ1) is 6.97. The second-order valence-corrected chi connectivity index (χ2v) is 2.56. The Balaban J connectivity index is 3.53. The number of nitrogens with one attached hydrogen (secondary N) is 1. The molecule has 0 radical (unpaired) electrons. The van der Waals surface area contributed by atoms with Gasteiger partial charge in [-0.3, -0.25) is 4.79 Å². The van der Waals surface area contributed by atoms with Gasteiger partial charge in [-0.05, 0) is 6.07 Å². The number of rotatable bonds is 2. The summed E-state index contributed by atoms with van der Waals surface area (Å²) < 4.78 is 24.4. The summed E-state index contributed by atoms with van der Waals surface area (Å²) in [6.45, 7) is 0. The standard InChI is InChI=1S/C8H4F2N2O3/c9-6(10)4-1-3(8(14)15)5(2-11)12-7(4)13/h1,6H,(H,12,13)(H,14,15). The molecule has 0 saturated heterocycles. The van der Waals surface area contributed by atoms with Crippen LogP contribution >= 0.6 is 0 Å². The first kappa shape index (κ1) is 10.8. The number of halogens is 2. The van der Waals surface area contributed by atoms with Gasteiger partial charge in [0.05, 0.1) is 11.1 Å². The number of carbonyl (C=O) groups is 1. The lowest BCUT2D eigenvalue weighted by Gasteiger charge is -2.01. The Morgan fingerprint density at radius 2 is 2.20 bits per heavy atom. The minimum absolute atomic E-state index is 0.504. The summed E-state index contributed by atoms with van der Waals surface area (Å²) >= 11 is 0. The summed E-state index contributed by atoms with van der Waals surface area (Å²) in [6, 6.07) is 1.91. The van der Waals surface area contributed by atoms with Crippen LogP contribution in [0.4, 0.5) is 8.78 Å². The van der Waals surface area contributed by atoms with Gasteiger partial charge >= 0.3 is 5.97 Å². The number of H-pyrrole nitrogens is 1. The average Bonchev–Trinajstić information content (AvgIpc) is 2.16. The number of carboxylic acids is 1. The van der Waals surface area contributed by atoms with Crippen LogP contribution < -0.4 is 5.56 Å². The zero-order valence-electron chi connectivity index (χ0n) is 7.12. The number of nitrogens with zero attached hydrogens (tertiary/aromatic N) is 1. The Morgan fingerprint density at radius 3 is 2.60 bits per heavy atom. The lowest BCUT2D eigenvalue weighted by atomic mass is 10.1. The molecular formula is C8H4F2N2O3. The zero-order valence-corrected chi connectivity index (χ0v) is 7.12. The summed E-state index contributed by atoms with van der Waals surface area (Å²) in [7, 11) is 0. The number of alkyl halides is 2. The molecule has 0 spiro atoms. The maximum Gasteiger partial charge on any atom is 0.338 e. The van der Waals surface area contributed by atoms with Gasteiger partial charge in [-0.2, -0.15) is 5.26 Å². The molecule has 0 aliphatic heterocycles. The van der Waals surface area contributed by atoms with E-state index in [9.17, 15) is 18.4 Å². The second-order valence-electron chi connectivity index (χ2n) is 2.56. The van der Waals surface area contributed by atoms with Crippen LogP contribution in [0.2, 0.25) is 0 Å². The molecule has 0 fully saturated rings. The van der Waals surface area contributed by atoms with Crippen molar-refractivity contribution in [1.82, 2.24) is 4.98 Å². The molecule has 1 rings (SSSR count). The summed E-state index contributed by atoms with van der Waals surface area (Å²) in [6.07, 6.45) is -3.08. The average molecular weight is 214 g/mol. The smallest absolute Gasteiger partial charge is 0.338 e. The molecular weight excluding hydrogens is 210 g/mol. The Hall–Kier alpha value is -2.23. The van der Waals surface area contributed by atoms with Crippen molar-refractivity contribution in [2.75, 3.05) is 0 Å². The third-order valence-corrected chi connectivity index (χ3v) is 1.65. The van der Waals surface area contributed by atoms with Crippen LogP contribution in [0.25, 0.3) is 0 Å². The topological polar surface area (TPSA) is 94.0 Å². The predicted molar refractivity (Wildman–Crippen MR) is 43.7 cm³/mol. The molecule has 15 heavy (non-hydrogen) atoms. The van der Waals surface area contributed by atoms with Crippen molar-refractivity contribution in [3.63, 3.8) is 0 Å². The van der Waals surface area contributed by atoms with Crippen molar-refractivity contribution < 1.29 is 18.7 Å². The quantitative estimate of drug-likeness (QED) is 0.764. The molecule has 5 nitrogen and oxygen atoms in total. The van der Waals surface area contributed by atoms with E-state index in [0.29, 0.717) is 6.07 Å². The van der Waals surface area contributed by atoms with E-state index in [0.717, 1.165) is 0 Å². The molecule has 0 saturated carbocycles. The van der Waals surface area contributed by atoms with Crippen molar-refractivity contribution in [2.24, 2.45) is 0 Å². The van der Waals surface area contributed by atoms with Crippen LogP contribution in [0.3, 0.4) is 0 Å². The van der Waals surface area contributed by atoms with Crippen LogP contribution in [-0.2, 0) is 0 Å². The molecule has 1 aromatic rings. The molecule has 0 atom stereocenters. The van der Waals surface area contributed by atoms with E-state index in [4.69, 9.17) is 10.4 Å². The van der Waals surface area contributed by atoms with E-state index >= 15 is 0 Å². The molecule has 7 heteroatoms. The largest absolute Gasteiger partial charge is 0.478 e. The van der Waals surface area contributed by atoms with E-state index < -0.39 is 34.8 Å².